The third-order valence-electron chi connectivity index (χ3n) is 4.67. The number of aromatic nitrogens is 2. The minimum absolute atomic E-state index is 0.339. The van der Waals surface area contributed by atoms with Crippen LogP contribution in [0.4, 0.5) is 0 Å². The van der Waals surface area contributed by atoms with Gasteiger partial charge in [-0.1, -0.05) is 0 Å². The number of H-pyrrole nitrogens is 2. The molecular formula is C18H12N2O6S3. The number of hydrogen-bond acceptors (Lipinski definition) is 9. The third-order valence-corrected chi connectivity index (χ3v) is 8.06. The van der Waals surface area contributed by atoms with Crippen LogP contribution in [0.25, 0.3) is 30.3 Å². The van der Waals surface area contributed by atoms with Gasteiger partial charge in [-0.05, 0) is 0 Å². The molecule has 0 saturated heterocycles. The maximum atomic E-state index is 12.7. The number of ether oxygens (including phenoxy) is 4. The standard InChI is InChI=1S/C18H12N2O6S3/c21-17-9-10(18(22)20-19-17)14(16-12-8(6-28-16)24-2-4-26-12)29-13(9)15-11-7(5-27-15)23-1-3-25-11/h5-6H,1-4H2,(H,19,21)(H,20,22). The van der Waals surface area contributed by atoms with Gasteiger partial charge in [0.25, 0.3) is 11.1 Å². The lowest BCUT2D eigenvalue weighted by Crippen LogP contribution is -2.18. The molecular weight excluding hydrogens is 436 g/mol. The van der Waals surface area contributed by atoms with Crippen molar-refractivity contribution in [3.8, 4) is 42.5 Å². The Morgan fingerprint density at radius 2 is 1.10 bits per heavy atom. The van der Waals surface area contributed by atoms with Crippen molar-refractivity contribution in [2.24, 2.45) is 0 Å². The Hall–Kier alpha value is -2.76. The Balaban J connectivity index is 1.67. The molecule has 0 fully saturated rings. The second-order valence-electron chi connectivity index (χ2n) is 6.33. The Kier molecular flexibility index (Phi) is 3.76. The normalized spacial score (nSPS) is 15.0. The third kappa shape index (κ3) is 2.47. The number of hydrogen-bond donors (Lipinski definition) is 2. The van der Waals surface area contributed by atoms with Crippen molar-refractivity contribution >= 4 is 44.8 Å². The molecule has 2 aliphatic heterocycles. The van der Waals surface area contributed by atoms with Gasteiger partial charge in [-0.25, -0.2) is 0 Å². The fraction of sp³-hybridized carbons (Fsp3) is 0.222. The molecule has 148 valence electrons. The van der Waals surface area contributed by atoms with E-state index in [1.54, 1.807) is 0 Å². The van der Waals surface area contributed by atoms with Crippen molar-refractivity contribution in [2.45, 2.75) is 0 Å². The van der Waals surface area contributed by atoms with E-state index in [2.05, 4.69) is 10.2 Å². The first kappa shape index (κ1) is 17.1. The number of aromatic amines is 2. The Labute approximate surface area is 174 Å². The van der Waals surface area contributed by atoms with Crippen LogP contribution in [0.3, 0.4) is 0 Å². The van der Waals surface area contributed by atoms with E-state index < -0.39 is 0 Å². The lowest BCUT2D eigenvalue weighted by molar-refractivity contribution is 0.174. The topological polar surface area (TPSA) is 103 Å². The lowest BCUT2D eigenvalue weighted by Gasteiger charge is -2.15. The summed E-state index contributed by atoms with van der Waals surface area (Å²) in [6.45, 7) is 1.85. The van der Waals surface area contributed by atoms with Crippen LogP contribution >= 0.6 is 34.0 Å². The summed E-state index contributed by atoms with van der Waals surface area (Å²) in [6, 6.07) is 0. The summed E-state index contributed by atoms with van der Waals surface area (Å²) in [4.78, 5) is 28.4. The molecule has 11 heteroatoms. The Morgan fingerprint density at radius 3 is 1.59 bits per heavy atom. The molecule has 0 aromatic carbocycles. The molecule has 0 bridgehead atoms. The molecule has 0 saturated carbocycles. The first-order valence-corrected chi connectivity index (χ1v) is 11.3. The molecule has 6 heterocycles. The highest BCUT2D eigenvalue weighted by molar-refractivity contribution is 7.27. The van der Waals surface area contributed by atoms with Gasteiger partial charge in [-0.3, -0.25) is 19.8 Å². The quantitative estimate of drug-likeness (QED) is 0.488. The smallest absolute Gasteiger partial charge is 0.272 e. The maximum Gasteiger partial charge on any atom is 0.272 e. The highest BCUT2D eigenvalue weighted by Gasteiger charge is 2.29. The SMILES string of the molecule is O=c1[nH][nH]c(=O)c2c(-c3scc4c3OCCO4)sc(-c3scc4c3OCCO4)c12. The van der Waals surface area contributed by atoms with Gasteiger partial charge in [0.15, 0.2) is 23.0 Å². The first-order valence-electron chi connectivity index (χ1n) is 8.74. The number of nitrogens with one attached hydrogen (secondary N) is 2. The van der Waals surface area contributed by atoms with E-state index in [9.17, 15) is 9.59 Å². The summed E-state index contributed by atoms with van der Waals surface area (Å²) in [6.07, 6.45) is 0. The van der Waals surface area contributed by atoms with Gasteiger partial charge in [-0.15, -0.1) is 34.0 Å². The minimum atomic E-state index is -0.362. The summed E-state index contributed by atoms with van der Waals surface area (Å²) < 4.78 is 22.9. The first-order chi connectivity index (χ1) is 14.2. The highest BCUT2D eigenvalue weighted by Crippen LogP contribution is 2.54. The fourth-order valence-electron chi connectivity index (χ4n) is 3.46. The number of rotatable bonds is 2. The van der Waals surface area contributed by atoms with Crippen LogP contribution in [0, 0.1) is 0 Å². The molecule has 4 aromatic rings. The molecule has 4 aromatic heterocycles. The van der Waals surface area contributed by atoms with Gasteiger partial charge < -0.3 is 18.9 Å². The molecule has 2 N–H and O–H groups in total. The average molecular weight is 449 g/mol. The van der Waals surface area contributed by atoms with Crippen LogP contribution in [-0.4, -0.2) is 36.6 Å². The van der Waals surface area contributed by atoms with E-state index in [1.165, 1.54) is 34.0 Å². The molecule has 8 nitrogen and oxygen atoms in total. The van der Waals surface area contributed by atoms with Gasteiger partial charge in [-0.2, -0.15) is 0 Å². The highest BCUT2D eigenvalue weighted by atomic mass is 32.1. The van der Waals surface area contributed by atoms with E-state index in [1.807, 2.05) is 10.8 Å². The van der Waals surface area contributed by atoms with Gasteiger partial charge >= 0.3 is 0 Å². The van der Waals surface area contributed by atoms with Gasteiger partial charge in [0.1, 0.15) is 26.4 Å². The minimum Gasteiger partial charge on any atom is -0.485 e. The predicted octanol–water partition coefficient (Wildman–Crippen LogP) is 3.28. The van der Waals surface area contributed by atoms with Crippen LogP contribution in [-0.2, 0) is 0 Å². The van der Waals surface area contributed by atoms with Crippen LogP contribution in [0.5, 0.6) is 23.0 Å². The molecule has 0 spiro atoms. The van der Waals surface area contributed by atoms with Crippen molar-refractivity contribution in [3.05, 3.63) is 31.5 Å². The second-order valence-corrected chi connectivity index (χ2v) is 9.11. The summed E-state index contributed by atoms with van der Waals surface area (Å²) >= 11 is 4.23. The Morgan fingerprint density at radius 1 is 0.655 bits per heavy atom. The zero-order chi connectivity index (χ0) is 19.5. The lowest BCUT2D eigenvalue weighted by atomic mass is 10.1. The van der Waals surface area contributed by atoms with Crippen LogP contribution < -0.4 is 30.1 Å². The summed E-state index contributed by atoms with van der Waals surface area (Å²) in [5, 5.41) is 9.28. The van der Waals surface area contributed by atoms with Crippen molar-refractivity contribution < 1.29 is 18.9 Å². The maximum absolute atomic E-state index is 12.7. The van der Waals surface area contributed by atoms with E-state index in [-0.39, 0.29) is 11.1 Å². The summed E-state index contributed by atoms with van der Waals surface area (Å²) in [7, 11) is 0. The van der Waals surface area contributed by atoms with Gasteiger partial charge in [0.05, 0.1) is 30.3 Å². The zero-order valence-corrected chi connectivity index (χ0v) is 17.1. The largest absolute Gasteiger partial charge is 0.485 e. The second kappa shape index (κ2) is 6.37. The zero-order valence-electron chi connectivity index (χ0n) is 14.7. The van der Waals surface area contributed by atoms with Gasteiger partial charge in [0, 0.05) is 10.8 Å². The van der Waals surface area contributed by atoms with Crippen molar-refractivity contribution in [2.75, 3.05) is 26.4 Å². The van der Waals surface area contributed by atoms with Crippen molar-refractivity contribution in [3.63, 3.8) is 0 Å². The summed E-state index contributed by atoms with van der Waals surface area (Å²) in [5.41, 5.74) is -0.725. The number of fused-ring (bicyclic) bond motifs is 3. The van der Waals surface area contributed by atoms with E-state index in [0.717, 1.165) is 9.75 Å². The molecule has 6 rings (SSSR count). The van der Waals surface area contributed by atoms with E-state index >= 15 is 0 Å². The van der Waals surface area contributed by atoms with E-state index in [0.29, 0.717) is 70.0 Å². The van der Waals surface area contributed by atoms with Gasteiger partial charge in [0.2, 0.25) is 0 Å². The molecule has 2 aliphatic rings. The van der Waals surface area contributed by atoms with Crippen LogP contribution in [0.15, 0.2) is 20.3 Å². The fourth-order valence-corrected chi connectivity index (χ4v) is 6.92. The molecule has 29 heavy (non-hydrogen) atoms. The predicted molar refractivity (Wildman–Crippen MR) is 112 cm³/mol. The molecule has 0 amide bonds. The molecule has 0 unspecified atom stereocenters. The van der Waals surface area contributed by atoms with Crippen molar-refractivity contribution in [1.29, 1.82) is 0 Å². The van der Waals surface area contributed by atoms with Crippen molar-refractivity contribution in [1.82, 2.24) is 10.2 Å². The molecule has 0 aliphatic carbocycles. The van der Waals surface area contributed by atoms with Crippen LogP contribution in [0.2, 0.25) is 0 Å². The van der Waals surface area contributed by atoms with E-state index in [4.69, 9.17) is 18.9 Å². The van der Waals surface area contributed by atoms with Crippen LogP contribution in [0.1, 0.15) is 0 Å². The summed E-state index contributed by atoms with van der Waals surface area (Å²) in [5.74, 6) is 2.54. The molecule has 0 radical (unpaired) electrons. The monoisotopic (exact) mass is 448 g/mol. The Bertz CT molecular complexity index is 1270. The number of thiophene rings is 3. The molecule has 0 atom stereocenters. The average Bonchev–Trinajstić information content (AvgIpc) is 3.45.